The van der Waals surface area contributed by atoms with E-state index in [1.165, 1.54) is 0 Å². The molecule has 0 unspecified atom stereocenters. The second kappa shape index (κ2) is 10.1. The summed E-state index contributed by atoms with van der Waals surface area (Å²) in [7, 11) is 1.67. The number of fused-ring (bicyclic) bond motifs is 1. The molecule has 0 aliphatic heterocycles. The molecule has 0 amide bonds. The number of hydrogen-bond acceptors (Lipinski definition) is 7. The van der Waals surface area contributed by atoms with E-state index in [-0.39, 0.29) is 5.56 Å². The Hall–Kier alpha value is -3.36. The number of methoxy groups -OCH3 is 1. The lowest BCUT2D eigenvalue weighted by atomic mass is 10.0. The van der Waals surface area contributed by atoms with Gasteiger partial charge in [0.05, 0.1) is 11.4 Å². The van der Waals surface area contributed by atoms with E-state index < -0.39 is 0 Å². The third kappa shape index (κ3) is 4.72. The zero-order chi connectivity index (χ0) is 23.4. The smallest absolute Gasteiger partial charge is 0.260 e. The predicted molar refractivity (Wildman–Crippen MR) is 131 cm³/mol. The summed E-state index contributed by atoms with van der Waals surface area (Å²) in [5, 5.41) is 4.40. The minimum absolute atomic E-state index is 0.153. The Kier molecular flexibility index (Phi) is 6.96. The van der Waals surface area contributed by atoms with Gasteiger partial charge in [-0.15, -0.1) is 0 Å². The highest BCUT2D eigenvalue weighted by Gasteiger charge is 2.16. The highest BCUT2D eigenvalue weighted by Crippen LogP contribution is 2.32. The minimum Gasteiger partial charge on any atom is -0.385 e. The fourth-order valence-electron chi connectivity index (χ4n) is 3.72. The molecule has 1 aromatic carbocycles. The highest BCUT2D eigenvalue weighted by molar-refractivity contribution is 6.33. The molecule has 0 spiro atoms. The first kappa shape index (κ1) is 22.8. The van der Waals surface area contributed by atoms with Crippen LogP contribution in [0.1, 0.15) is 19.0 Å². The van der Waals surface area contributed by atoms with Crippen LogP contribution < -0.4 is 10.9 Å². The summed E-state index contributed by atoms with van der Waals surface area (Å²) in [6, 6.07) is 7.37. The number of aryl methyl sites for hydroxylation is 2. The fourth-order valence-corrected chi connectivity index (χ4v) is 4.00. The van der Waals surface area contributed by atoms with Gasteiger partial charge in [-0.3, -0.25) is 19.3 Å². The van der Waals surface area contributed by atoms with Crippen molar-refractivity contribution >= 4 is 28.6 Å². The number of nitrogens with one attached hydrogen (secondary N) is 1. The molecule has 0 fully saturated rings. The third-order valence-corrected chi connectivity index (χ3v) is 5.68. The largest absolute Gasteiger partial charge is 0.385 e. The molecule has 0 aliphatic rings. The molecule has 33 heavy (non-hydrogen) atoms. The van der Waals surface area contributed by atoms with E-state index in [0.717, 1.165) is 28.8 Å². The number of benzene rings is 1. The van der Waals surface area contributed by atoms with Crippen molar-refractivity contribution in [3.63, 3.8) is 0 Å². The maximum atomic E-state index is 13.4. The number of rotatable bonds is 8. The van der Waals surface area contributed by atoms with E-state index in [2.05, 4.69) is 25.3 Å². The van der Waals surface area contributed by atoms with Crippen LogP contribution in [0.25, 0.3) is 33.4 Å². The Morgan fingerprint density at radius 1 is 1.12 bits per heavy atom. The minimum atomic E-state index is -0.153. The van der Waals surface area contributed by atoms with Gasteiger partial charge in [0.15, 0.2) is 0 Å². The lowest BCUT2D eigenvalue weighted by Crippen LogP contribution is -2.22. The molecule has 9 heteroatoms. The van der Waals surface area contributed by atoms with Crippen LogP contribution >= 0.6 is 11.6 Å². The van der Waals surface area contributed by atoms with Gasteiger partial charge >= 0.3 is 0 Å². The van der Waals surface area contributed by atoms with Gasteiger partial charge in [-0.25, -0.2) is 4.98 Å². The van der Waals surface area contributed by atoms with Gasteiger partial charge in [-0.05, 0) is 32.4 Å². The molecule has 170 valence electrons. The molecular weight excluding hydrogens is 440 g/mol. The van der Waals surface area contributed by atoms with Crippen LogP contribution in [-0.4, -0.2) is 44.8 Å². The van der Waals surface area contributed by atoms with Gasteiger partial charge in [0, 0.05) is 72.5 Å². The van der Waals surface area contributed by atoms with E-state index in [1.807, 2.05) is 32.0 Å². The van der Waals surface area contributed by atoms with E-state index in [0.29, 0.717) is 47.4 Å². The molecule has 0 saturated carbocycles. The van der Waals surface area contributed by atoms with Crippen LogP contribution in [0.15, 0.2) is 47.7 Å². The van der Waals surface area contributed by atoms with Gasteiger partial charge < -0.3 is 10.1 Å². The van der Waals surface area contributed by atoms with Crippen LogP contribution in [0, 0.1) is 6.92 Å². The number of ether oxygens (including phenoxy) is 1. The van der Waals surface area contributed by atoms with Crippen LogP contribution in [0.4, 0.5) is 5.95 Å². The van der Waals surface area contributed by atoms with Gasteiger partial charge in [-0.1, -0.05) is 23.7 Å². The predicted octanol–water partition coefficient (Wildman–Crippen LogP) is 4.35. The summed E-state index contributed by atoms with van der Waals surface area (Å²) >= 11 is 6.65. The quantitative estimate of drug-likeness (QED) is 0.387. The molecule has 0 atom stereocenters. The normalized spacial score (nSPS) is 11.2. The monoisotopic (exact) mass is 464 g/mol. The van der Waals surface area contributed by atoms with Crippen molar-refractivity contribution in [2.75, 3.05) is 25.6 Å². The number of anilines is 1. The summed E-state index contributed by atoms with van der Waals surface area (Å²) < 4.78 is 6.70. The standard InChI is InChI=1S/C24H25ClN6O2/c1-4-31-22-17(14-29-24(30-22)28-8-5-11-33-3)12-19(23(31)32)18-7-6-16(13-20(18)25)21-15(2)26-9-10-27-21/h6-7,9-10,12-14H,4-5,8,11H2,1-3H3,(H,28,29,30). The van der Waals surface area contributed by atoms with E-state index >= 15 is 0 Å². The molecule has 4 aromatic rings. The fraction of sp³-hybridized carbons (Fsp3) is 0.292. The third-order valence-electron chi connectivity index (χ3n) is 5.37. The second-order valence-corrected chi connectivity index (χ2v) is 7.95. The Balaban J connectivity index is 1.74. The molecule has 1 N–H and O–H groups in total. The zero-order valence-corrected chi connectivity index (χ0v) is 19.6. The van der Waals surface area contributed by atoms with Crippen LogP contribution in [0.5, 0.6) is 0 Å². The van der Waals surface area contributed by atoms with Gasteiger partial charge in [0.25, 0.3) is 5.56 Å². The van der Waals surface area contributed by atoms with Crippen LogP contribution in [0.2, 0.25) is 5.02 Å². The molecule has 0 aliphatic carbocycles. The Bertz CT molecular complexity index is 1350. The molecule has 0 radical (unpaired) electrons. The SMILES string of the molecule is CCn1c(=O)c(-c2ccc(-c3nccnc3C)cc2Cl)cc2cnc(NCCCOC)nc21. The molecule has 0 saturated heterocycles. The first-order chi connectivity index (χ1) is 16.0. The van der Waals surface area contributed by atoms with Gasteiger partial charge in [0.2, 0.25) is 5.95 Å². The van der Waals surface area contributed by atoms with Crippen molar-refractivity contribution in [2.45, 2.75) is 26.8 Å². The summed E-state index contributed by atoms with van der Waals surface area (Å²) in [6.07, 6.45) is 5.86. The maximum Gasteiger partial charge on any atom is 0.260 e. The number of aromatic nitrogens is 5. The summed E-state index contributed by atoms with van der Waals surface area (Å²) in [6.45, 7) is 5.62. The molecular formula is C24H25ClN6O2. The topological polar surface area (TPSA) is 94.8 Å². The first-order valence-corrected chi connectivity index (χ1v) is 11.1. The second-order valence-electron chi connectivity index (χ2n) is 7.54. The number of pyridine rings is 1. The number of hydrogen-bond donors (Lipinski definition) is 1. The van der Waals surface area contributed by atoms with Gasteiger partial charge in [-0.2, -0.15) is 4.98 Å². The Labute approximate surface area is 196 Å². The van der Waals surface area contributed by atoms with Gasteiger partial charge in [0.1, 0.15) is 5.65 Å². The van der Waals surface area contributed by atoms with Crippen LogP contribution in [-0.2, 0) is 11.3 Å². The summed E-state index contributed by atoms with van der Waals surface area (Å²) in [4.78, 5) is 31.0. The molecule has 8 nitrogen and oxygen atoms in total. The lowest BCUT2D eigenvalue weighted by Gasteiger charge is -2.13. The van der Waals surface area contributed by atoms with E-state index in [4.69, 9.17) is 16.3 Å². The Morgan fingerprint density at radius 3 is 2.67 bits per heavy atom. The van der Waals surface area contributed by atoms with Crippen molar-refractivity contribution in [1.82, 2.24) is 24.5 Å². The first-order valence-electron chi connectivity index (χ1n) is 10.7. The molecule has 4 rings (SSSR count). The average Bonchev–Trinajstić information content (AvgIpc) is 2.82. The Morgan fingerprint density at radius 2 is 1.94 bits per heavy atom. The zero-order valence-electron chi connectivity index (χ0n) is 18.8. The number of halogens is 1. The van der Waals surface area contributed by atoms with Crippen molar-refractivity contribution in [3.8, 4) is 22.4 Å². The average molecular weight is 465 g/mol. The summed E-state index contributed by atoms with van der Waals surface area (Å²) in [5.74, 6) is 0.481. The summed E-state index contributed by atoms with van der Waals surface area (Å²) in [5.41, 5.74) is 3.99. The lowest BCUT2D eigenvalue weighted by molar-refractivity contribution is 0.197. The van der Waals surface area contributed by atoms with Crippen LogP contribution in [0.3, 0.4) is 0 Å². The highest BCUT2D eigenvalue weighted by atomic mass is 35.5. The molecule has 3 heterocycles. The van der Waals surface area contributed by atoms with E-state index in [1.54, 1.807) is 36.3 Å². The molecule has 3 aromatic heterocycles. The van der Waals surface area contributed by atoms with Crippen molar-refractivity contribution in [3.05, 3.63) is 63.9 Å². The number of nitrogens with zero attached hydrogens (tertiary/aromatic N) is 5. The van der Waals surface area contributed by atoms with Crippen molar-refractivity contribution in [2.24, 2.45) is 0 Å². The van der Waals surface area contributed by atoms with Crippen molar-refractivity contribution < 1.29 is 4.74 Å². The maximum absolute atomic E-state index is 13.4. The van der Waals surface area contributed by atoms with Crippen molar-refractivity contribution in [1.29, 1.82) is 0 Å². The molecule has 0 bridgehead atoms. The van der Waals surface area contributed by atoms with E-state index in [9.17, 15) is 4.79 Å².